The predicted octanol–water partition coefficient (Wildman–Crippen LogP) is -0.419. The molecular formula is C24H33ClN8O5. The molecule has 7 N–H and O–H groups in total. The normalized spacial score (nSPS) is 20.9. The largest absolute Gasteiger partial charge is 0.387 e. The number of nitrogens with two attached hydrogens (primary N) is 2. The topological polar surface area (TPSA) is 195 Å². The number of halogens is 1. The van der Waals surface area contributed by atoms with Crippen LogP contribution in [0.5, 0.6) is 0 Å². The SMILES string of the molecule is NCCCN(CCNCCc1ccc(Cl)cc1)CC1OC(n2cnc3c(N)ncnc32)[C@H](O)[C@@H]1O.O=C=O. The molecule has 3 aromatic rings. The number of aliphatic hydroxyl groups is 2. The van der Waals surface area contributed by atoms with Crippen LogP contribution in [0.3, 0.4) is 0 Å². The number of aliphatic hydroxyl groups excluding tert-OH is 2. The first-order chi connectivity index (χ1) is 18.4. The van der Waals surface area contributed by atoms with E-state index in [0.717, 1.165) is 44.0 Å². The fourth-order valence-electron chi connectivity index (χ4n) is 4.28. The number of fused-ring (bicyclic) bond motifs is 1. The van der Waals surface area contributed by atoms with Crippen LogP contribution in [0, 0.1) is 0 Å². The summed E-state index contributed by atoms with van der Waals surface area (Å²) in [4.78, 5) is 30.8. The van der Waals surface area contributed by atoms with Gasteiger partial charge in [0.05, 0.1) is 6.33 Å². The van der Waals surface area contributed by atoms with Crippen LogP contribution < -0.4 is 16.8 Å². The van der Waals surface area contributed by atoms with Crippen LogP contribution in [0.1, 0.15) is 18.2 Å². The van der Waals surface area contributed by atoms with E-state index in [9.17, 15) is 10.2 Å². The highest BCUT2D eigenvalue weighted by molar-refractivity contribution is 6.30. The first-order valence-electron chi connectivity index (χ1n) is 12.2. The first kappa shape index (κ1) is 29.6. The maximum Gasteiger partial charge on any atom is 0.373 e. The molecule has 0 bridgehead atoms. The monoisotopic (exact) mass is 548 g/mol. The molecule has 1 fully saturated rings. The summed E-state index contributed by atoms with van der Waals surface area (Å²) in [6.45, 7) is 4.16. The highest BCUT2D eigenvalue weighted by Gasteiger charge is 2.44. The summed E-state index contributed by atoms with van der Waals surface area (Å²) in [5, 5.41) is 25.7. The molecular weight excluding hydrogens is 516 g/mol. The van der Waals surface area contributed by atoms with Gasteiger partial charge in [-0.1, -0.05) is 23.7 Å². The Morgan fingerprint density at radius 2 is 1.84 bits per heavy atom. The Balaban J connectivity index is 0.00000127. The van der Waals surface area contributed by atoms with Crippen LogP contribution in [-0.4, -0.2) is 98.4 Å². The highest BCUT2D eigenvalue weighted by Crippen LogP contribution is 2.32. The van der Waals surface area contributed by atoms with Gasteiger partial charge < -0.3 is 31.7 Å². The van der Waals surface area contributed by atoms with Crippen molar-refractivity contribution >= 4 is 34.7 Å². The number of aromatic nitrogens is 4. The van der Waals surface area contributed by atoms with E-state index in [0.29, 0.717) is 24.3 Å². The third kappa shape index (κ3) is 7.76. The zero-order valence-corrected chi connectivity index (χ0v) is 21.6. The quantitative estimate of drug-likeness (QED) is 0.184. The van der Waals surface area contributed by atoms with Crippen molar-refractivity contribution in [3.8, 4) is 0 Å². The highest BCUT2D eigenvalue weighted by atomic mass is 35.5. The Labute approximate surface area is 224 Å². The fourth-order valence-corrected chi connectivity index (χ4v) is 4.40. The minimum atomic E-state index is -1.14. The second-order valence-corrected chi connectivity index (χ2v) is 9.22. The number of anilines is 1. The van der Waals surface area contributed by atoms with Crippen LogP contribution in [-0.2, 0) is 20.7 Å². The van der Waals surface area contributed by atoms with Crippen LogP contribution >= 0.6 is 11.6 Å². The number of benzene rings is 1. The number of nitrogen functional groups attached to an aromatic ring is 1. The molecule has 1 aliphatic rings. The van der Waals surface area contributed by atoms with Gasteiger partial charge in [-0.05, 0) is 50.2 Å². The molecule has 4 rings (SSSR count). The van der Waals surface area contributed by atoms with Gasteiger partial charge in [-0.15, -0.1) is 0 Å². The third-order valence-electron chi connectivity index (χ3n) is 6.22. The van der Waals surface area contributed by atoms with Gasteiger partial charge in [-0.25, -0.2) is 15.0 Å². The van der Waals surface area contributed by atoms with Crippen molar-refractivity contribution in [2.75, 3.05) is 45.0 Å². The lowest BCUT2D eigenvalue weighted by atomic mass is 10.1. The van der Waals surface area contributed by atoms with Crippen molar-refractivity contribution < 1.29 is 24.5 Å². The number of imidazole rings is 1. The number of hydrogen-bond acceptors (Lipinski definition) is 12. The van der Waals surface area contributed by atoms with Gasteiger partial charge in [-0.2, -0.15) is 9.59 Å². The van der Waals surface area contributed by atoms with Crippen LogP contribution in [0.15, 0.2) is 36.9 Å². The van der Waals surface area contributed by atoms with Crippen LogP contribution in [0.4, 0.5) is 5.82 Å². The van der Waals surface area contributed by atoms with Crippen molar-refractivity contribution in [1.82, 2.24) is 29.7 Å². The number of hydrogen-bond donors (Lipinski definition) is 5. The molecule has 2 unspecified atom stereocenters. The van der Waals surface area contributed by atoms with Crippen molar-refractivity contribution in [3.63, 3.8) is 0 Å². The minimum absolute atomic E-state index is 0.245. The maximum atomic E-state index is 10.7. The van der Waals surface area contributed by atoms with Crippen molar-refractivity contribution in [1.29, 1.82) is 0 Å². The lowest BCUT2D eigenvalue weighted by Gasteiger charge is -2.26. The summed E-state index contributed by atoms with van der Waals surface area (Å²) >= 11 is 5.94. The number of ether oxygens (including phenoxy) is 1. The lowest BCUT2D eigenvalue weighted by molar-refractivity contribution is -0.191. The predicted molar refractivity (Wildman–Crippen MR) is 139 cm³/mol. The molecule has 0 radical (unpaired) electrons. The molecule has 0 aliphatic carbocycles. The third-order valence-corrected chi connectivity index (χ3v) is 6.48. The summed E-state index contributed by atoms with van der Waals surface area (Å²) in [6, 6.07) is 7.85. The van der Waals surface area contributed by atoms with Gasteiger partial charge in [0.2, 0.25) is 0 Å². The summed E-state index contributed by atoms with van der Waals surface area (Å²) < 4.78 is 7.69. The molecule has 1 saturated heterocycles. The van der Waals surface area contributed by atoms with Crippen molar-refractivity contribution in [3.05, 3.63) is 47.5 Å². The van der Waals surface area contributed by atoms with Gasteiger partial charge in [0, 0.05) is 24.7 Å². The van der Waals surface area contributed by atoms with E-state index in [-0.39, 0.29) is 12.0 Å². The second kappa shape index (κ2) is 14.8. The molecule has 1 aromatic carbocycles. The molecule has 0 amide bonds. The van der Waals surface area contributed by atoms with Crippen molar-refractivity contribution in [2.45, 2.75) is 37.4 Å². The summed E-state index contributed by atoms with van der Waals surface area (Å²) in [5.74, 6) is 0.245. The Bertz CT molecular complexity index is 1170. The van der Waals surface area contributed by atoms with E-state index >= 15 is 0 Å². The molecule has 206 valence electrons. The Morgan fingerprint density at radius 1 is 1.11 bits per heavy atom. The van der Waals surface area contributed by atoms with E-state index in [1.807, 2.05) is 24.3 Å². The number of nitrogens with zero attached hydrogens (tertiary/aromatic N) is 5. The first-order valence-corrected chi connectivity index (χ1v) is 12.6. The molecule has 4 atom stereocenters. The van der Waals surface area contributed by atoms with Gasteiger partial charge in [-0.3, -0.25) is 9.47 Å². The Kier molecular flexibility index (Phi) is 11.5. The number of carbonyl (C=O) groups excluding carboxylic acids is 2. The average molecular weight is 549 g/mol. The molecule has 2 aromatic heterocycles. The van der Waals surface area contributed by atoms with Crippen molar-refractivity contribution in [2.24, 2.45) is 5.73 Å². The molecule has 1 aliphatic heterocycles. The number of rotatable bonds is 12. The fraction of sp³-hybridized carbons (Fsp3) is 0.500. The van der Waals surface area contributed by atoms with E-state index in [2.05, 4.69) is 25.2 Å². The zero-order valence-electron chi connectivity index (χ0n) is 20.8. The van der Waals surface area contributed by atoms with E-state index < -0.39 is 24.5 Å². The van der Waals surface area contributed by atoms with Crippen LogP contribution in [0.25, 0.3) is 11.2 Å². The second-order valence-electron chi connectivity index (χ2n) is 8.78. The van der Waals surface area contributed by atoms with Gasteiger partial charge in [0.1, 0.15) is 30.2 Å². The Morgan fingerprint density at radius 3 is 2.55 bits per heavy atom. The molecule has 13 nitrogen and oxygen atoms in total. The zero-order chi connectivity index (χ0) is 27.5. The molecule has 38 heavy (non-hydrogen) atoms. The van der Waals surface area contributed by atoms with Gasteiger partial charge in [0.25, 0.3) is 0 Å². The molecule has 0 saturated carbocycles. The average Bonchev–Trinajstić information content (AvgIpc) is 3.45. The standard InChI is InChI=1S/C23H33ClN8O3.CO2/c24-16-4-2-15(3-5-16)6-8-27-9-11-31(10-1-7-25)12-17-19(33)20(34)23(35-17)32-14-30-18-21(26)28-13-29-22(18)32;2-1-3/h2-5,13-14,17,19-20,23,27,33-34H,1,6-12,25H2,(H2,26,28,29);/t17?,19-,20-,23?;/m1./s1. The smallest absolute Gasteiger partial charge is 0.373 e. The van der Waals surface area contributed by atoms with Crippen LogP contribution in [0.2, 0.25) is 5.02 Å². The van der Waals surface area contributed by atoms with E-state index in [4.69, 9.17) is 37.4 Å². The minimum Gasteiger partial charge on any atom is -0.387 e. The van der Waals surface area contributed by atoms with E-state index in [1.165, 1.54) is 18.2 Å². The molecule has 3 heterocycles. The molecule has 14 heteroatoms. The summed E-state index contributed by atoms with van der Waals surface area (Å²) in [7, 11) is 0. The summed E-state index contributed by atoms with van der Waals surface area (Å²) in [5.41, 5.74) is 13.7. The van der Waals surface area contributed by atoms with Gasteiger partial charge in [0.15, 0.2) is 17.7 Å². The summed E-state index contributed by atoms with van der Waals surface area (Å²) in [6.07, 6.45) is 1.20. The lowest BCUT2D eigenvalue weighted by Crippen LogP contribution is -2.43. The maximum absolute atomic E-state index is 10.7. The Hall–Kier alpha value is -3.00. The molecule has 0 spiro atoms. The van der Waals surface area contributed by atoms with Gasteiger partial charge >= 0.3 is 6.15 Å². The number of nitrogens with one attached hydrogen (secondary N) is 1. The van der Waals surface area contributed by atoms with E-state index in [1.54, 1.807) is 4.57 Å².